The monoisotopic (exact) mass is 792 g/mol. The van der Waals surface area contributed by atoms with E-state index >= 15 is 0 Å². The molecule has 0 aliphatic carbocycles. The molecular weight excluding hydrogens is 744 g/mol. The van der Waals surface area contributed by atoms with E-state index in [0.29, 0.717) is 42.7 Å². The van der Waals surface area contributed by atoms with Crippen LogP contribution < -0.4 is 16.0 Å². The first kappa shape index (κ1) is 40.6. The quantitative estimate of drug-likeness (QED) is 0.294. The number of hydrogen-bond acceptors (Lipinski definition) is 9. The molecule has 4 saturated heterocycles. The van der Waals surface area contributed by atoms with E-state index in [-0.39, 0.29) is 38.9 Å². The number of carbonyl (C=O) groups excluding carboxylic acids is 7. The predicted octanol–water partition coefficient (Wildman–Crippen LogP) is 0.799. The Morgan fingerprint density at radius 3 is 2.38 bits per heavy atom. The van der Waals surface area contributed by atoms with Crippen LogP contribution in [0.1, 0.15) is 62.1 Å². The van der Waals surface area contributed by atoms with Crippen LogP contribution in [0.5, 0.6) is 0 Å². The zero-order chi connectivity index (χ0) is 40.1. The molecule has 0 unspecified atom stereocenters. The zero-order valence-electron chi connectivity index (χ0n) is 31.6. The third kappa shape index (κ3) is 9.49. The number of hydrogen-bond donors (Lipinski definition) is 4. The van der Waals surface area contributed by atoms with Gasteiger partial charge in [0.2, 0.25) is 35.4 Å². The molecule has 300 valence electrons. The van der Waals surface area contributed by atoms with Crippen LogP contribution in [0.2, 0.25) is 5.02 Å². The van der Waals surface area contributed by atoms with Crippen molar-refractivity contribution in [2.45, 2.75) is 108 Å². The molecule has 0 saturated carbocycles. The smallest absolute Gasteiger partial charge is 0.328 e. The van der Waals surface area contributed by atoms with Gasteiger partial charge in [-0.25, -0.2) is 4.79 Å². The molecule has 4 fully saturated rings. The molecule has 4 N–H and O–H groups in total. The minimum absolute atomic E-state index is 0.0504. The molecule has 0 spiro atoms. The lowest BCUT2D eigenvalue weighted by atomic mass is 9.99. The Balaban J connectivity index is 1.31. The number of aliphatic hydroxyl groups is 1. The number of aryl methyl sites for hydroxylation is 1. The van der Waals surface area contributed by atoms with Gasteiger partial charge in [0.15, 0.2) is 0 Å². The molecule has 7 atom stereocenters. The van der Waals surface area contributed by atoms with Gasteiger partial charge in [-0.2, -0.15) is 0 Å². The van der Waals surface area contributed by atoms with Gasteiger partial charge in [0.25, 0.3) is 0 Å². The Kier molecular flexibility index (Phi) is 12.9. The average molecular weight is 793 g/mol. The van der Waals surface area contributed by atoms with E-state index in [2.05, 4.69) is 16.0 Å². The Bertz CT molecular complexity index is 1860. The Labute approximate surface area is 330 Å². The molecule has 0 bridgehead atoms. The number of benzene rings is 2. The molecule has 6 amide bonds. The number of esters is 1. The topological polar surface area (TPSA) is 195 Å². The Morgan fingerprint density at radius 1 is 0.893 bits per heavy atom. The van der Waals surface area contributed by atoms with Crippen molar-refractivity contribution >= 4 is 53.0 Å². The third-order valence-electron chi connectivity index (χ3n) is 10.9. The van der Waals surface area contributed by atoms with Crippen LogP contribution in [-0.2, 0) is 51.1 Å². The first-order valence-corrected chi connectivity index (χ1v) is 19.6. The summed E-state index contributed by atoms with van der Waals surface area (Å²) in [6, 6.07) is 7.32. The zero-order valence-corrected chi connectivity index (χ0v) is 32.3. The molecule has 16 heteroatoms. The van der Waals surface area contributed by atoms with E-state index in [1.165, 1.54) is 21.6 Å². The lowest BCUT2D eigenvalue weighted by Gasteiger charge is -2.39. The molecule has 4 heterocycles. The predicted molar refractivity (Wildman–Crippen MR) is 203 cm³/mol. The normalized spacial score (nSPS) is 26.8. The number of ether oxygens (including phenoxy) is 1. The first-order chi connectivity index (χ1) is 26.8. The van der Waals surface area contributed by atoms with Crippen LogP contribution >= 0.6 is 11.6 Å². The maximum Gasteiger partial charge on any atom is 0.328 e. The van der Waals surface area contributed by atoms with Gasteiger partial charge in [-0.15, -0.1) is 0 Å². The van der Waals surface area contributed by atoms with Gasteiger partial charge >= 0.3 is 5.97 Å². The van der Waals surface area contributed by atoms with Crippen molar-refractivity contribution in [3.05, 3.63) is 70.2 Å². The number of nitrogens with one attached hydrogen (secondary N) is 3. The van der Waals surface area contributed by atoms with E-state index in [9.17, 15) is 38.7 Å². The van der Waals surface area contributed by atoms with Crippen LogP contribution in [0.15, 0.2) is 48.5 Å². The molecule has 15 nitrogen and oxygen atoms in total. The van der Waals surface area contributed by atoms with E-state index < -0.39 is 90.4 Å². The maximum atomic E-state index is 14.5. The van der Waals surface area contributed by atoms with E-state index in [1.54, 1.807) is 30.3 Å². The largest absolute Gasteiger partial charge is 0.461 e. The second kappa shape index (κ2) is 17.8. The molecule has 2 aromatic carbocycles. The summed E-state index contributed by atoms with van der Waals surface area (Å²) in [6.45, 7) is 3.00. The molecule has 4 aliphatic heterocycles. The van der Waals surface area contributed by atoms with Gasteiger partial charge in [0.1, 0.15) is 42.9 Å². The molecular formula is C40H49ClN6O9. The van der Waals surface area contributed by atoms with Gasteiger partial charge in [-0.1, -0.05) is 53.6 Å². The highest BCUT2D eigenvalue weighted by Crippen LogP contribution is 2.27. The van der Waals surface area contributed by atoms with Crippen molar-refractivity contribution in [2.24, 2.45) is 0 Å². The van der Waals surface area contributed by atoms with Gasteiger partial charge in [-0.05, 0) is 69.2 Å². The standard InChI is InChI=1S/C40H49ClN6O9/c1-23-8-5-9-25(16-23)18-29(43-34(49)19-26-10-6-11-27(41)17-26)35(50)44-30-22-56-40(55)32-13-7-15-46(32)37(52)24(2)42-36(51)31-12-3-4-14-45(31)39(54)33-20-28(48)21-47(33)38(30)53/h5-6,8-11,16-17,24,28-33,48H,3-4,7,12-15,18-22H2,1-2H3,(H,42,51)(H,43,49)(H,44,50)/t24-,28+,29-,30-,31-,32-,33-/m0/s1. The number of halogens is 1. The summed E-state index contributed by atoms with van der Waals surface area (Å²) in [5.41, 5.74) is 2.28. The molecule has 0 aromatic heterocycles. The average Bonchev–Trinajstić information content (AvgIpc) is 3.82. The van der Waals surface area contributed by atoms with Crippen LogP contribution in [-0.4, -0.2) is 130 Å². The van der Waals surface area contributed by atoms with Crippen LogP contribution in [0, 0.1) is 6.92 Å². The number of fused-ring (bicyclic) bond motifs is 3. The number of amides is 6. The summed E-state index contributed by atoms with van der Waals surface area (Å²) in [7, 11) is 0. The van der Waals surface area contributed by atoms with Crippen LogP contribution in [0.3, 0.4) is 0 Å². The number of cyclic esters (lactones) is 1. The van der Waals surface area contributed by atoms with Crippen molar-refractivity contribution in [1.29, 1.82) is 0 Å². The second-order valence-corrected chi connectivity index (χ2v) is 15.6. The van der Waals surface area contributed by atoms with E-state index in [0.717, 1.165) is 11.1 Å². The number of nitrogens with zero attached hydrogens (tertiary/aromatic N) is 3. The van der Waals surface area contributed by atoms with E-state index in [4.69, 9.17) is 16.3 Å². The summed E-state index contributed by atoms with van der Waals surface area (Å²) in [5, 5.41) is 19.5. The molecule has 4 aliphatic rings. The number of carbonyl (C=O) groups is 7. The number of aliphatic hydroxyl groups excluding tert-OH is 1. The van der Waals surface area contributed by atoms with Crippen molar-refractivity contribution in [2.75, 3.05) is 26.2 Å². The lowest BCUT2D eigenvalue weighted by molar-refractivity contribution is -0.158. The number of piperidine rings is 1. The second-order valence-electron chi connectivity index (χ2n) is 15.2. The summed E-state index contributed by atoms with van der Waals surface area (Å²) >= 11 is 6.13. The first-order valence-electron chi connectivity index (χ1n) is 19.2. The van der Waals surface area contributed by atoms with Crippen molar-refractivity contribution in [1.82, 2.24) is 30.7 Å². The summed E-state index contributed by atoms with van der Waals surface area (Å²) in [6.07, 6.45) is 1.17. The Hall–Kier alpha value is -5.02. The highest BCUT2D eigenvalue weighted by atomic mass is 35.5. The molecule has 6 rings (SSSR count). The summed E-state index contributed by atoms with van der Waals surface area (Å²) in [5.74, 6) is -4.39. The van der Waals surface area contributed by atoms with Crippen molar-refractivity contribution < 1.29 is 43.4 Å². The minimum Gasteiger partial charge on any atom is -0.461 e. The summed E-state index contributed by atoms with van der Waals surface area (Å²) in [4.78, 5) is 101. The SMILES string of the molecule is Cc1cccc(C[C@H](NC(=O)Cc2cccc(Cl)c2)C(=O)N[C@H]2COC(=O)[C@@H]3CCCN3C(=O)[C@H](C)NC(=O)[C@@H]3CCCCN3C(=O)[C@@H]3C[C@@H](O)CN3C2=O)c1. The molecule has 0 radical (unpaired) electrons. The third-order valence-corrected chi connectivity index (χ3v) is 11.1. The van der Waals surface area contributed by atoms with Crippen molar-refractivity contribution in [3.8, 4) is 0 Å². The summed E-state index contributed by atoms with van der Waals surface area (Å²) < 4.78 is 5.68. The van der Waals surface area contributed by atoms with Crippen molar-refractivity contribution in [3.63, 3.8) is 0 Å². The molecule has 2 aromatic rings. The van der Waals surface area contributed by atoms with Gasteiger partial charge in [0.05, 0.1) is 12.5 Å². The maximum absolute atomic E-state index is 14.5. The highest BCUT2D eigenvalue weighted by Gasteiger charge is 2.47. The highest BCUT2D eigenvalue weighted by molar-refractivity contribution is 6.30. The van der Waals surface area contributed by atoms with E-state index in [1.807, 2.05) is 25.1 Å². The Morgan fingerprint density at radius 2 is 1.61 bits per heavy atom. The lowest BCUT2D eigenvalue weighted by Crippen LogP contribution is -2.62. The van der Waals surface area contributed by atoms with Gasteiger partial charge in [-0.3, -0.25) is 28.8 Å². The van der Waals surface area contributed by atoms with Crippen LogP contribution in [0.4, 0.5) is 0 Å². The van der Waals surface area contributed by atoms with Crippen LogP contribution in [0.25, 0.3) is 0 Å². The fraction of sp³-hybridized carbons (Fsp3) is 0.525. The fourth-order valence-electron chi connectivity index (χ4n) is 8.12. The minimum atomic E-state index is -1.55. The number of rotatable bonds is 7. The molecule has 56 heavy (non-hydrogen) atoms. The van der Waals surface area contributed by atoms with Gasteiger partial charge in [0, 0.05) is 37.5 Å². The van der Waals surface area contributed by atoms with Gasteiger partial charge < -0.3 is 40.5 Å². The fourth-order valence-corrected chi connectivity index (χ4v) is 8.33.